The van der Waals surface area contributed by atoms with Gasteiger partial charge >= 0.3 is 0 Å². The second-order valence-corrected chi connectivity index (χ2v) is 9.04. The average Bonchev–Trinajstić information content (AvgIpc) is 3.08. The van der Waals surface area contributed by atoms with E-state index in [1.165, 1.54) is 11.1 Å². The van der Waals surface area contributed by atoms with Gasteiger partial charge in [-0.05, 0) is 68.5 Å². The third-order valence-corrected chi connectivity index (χ3v) is 6.99. The quantitative estimate of drug-likeness (QED) is 0.481. The number of allylic oxidation sites excluding steroid dienone is 5. The van der Waals surface area contributed by atoms with Crippen LogP contribution >= 0.6 is 0 Å². The Morgan fingerprint density at radius 1 is 1.06 bits per heavy atom. The van der Waals surface area contributed by atoms with Crippen molar-refractivity contribution in [3.05, 3.63) is 59.4 Å². The van der Waals surface area contributed by atoms with Crippen molar-refractivity contribution in [3.8, 4) is 11.5 Å². The van der Waals surface area contributed by atoms with Gasteiger partial charge in [0.2, 0.25) is 0 Å². The summed E-state index contributed by atoms with van der Waals surface area (Å²) in [5, 5.41) is 3.65. The largest absolute Gasteiger partial charge is 0.501 e. The van der Waals surface area contributed by atoms with Crippen LogP contribution in [0.15, 0.2) is 53.8 Å². The molecule has 2 aliphatic rings. The van der Waals surface area contributed by atoms with Crippen molar-refractivity contribution < 1.29 is 18.9 Å². The fourth-order valence-corrected chi connectivity index (χ4v) is 4.84. The molecular weight excluding hydrogens is 402 g/mol. The summed E-state index contributed by atoms with van der Waals surface area (Å²) in [4.78, 5) is 0. The van der Waals surface area contributed by atoms with E-state index in [2.05, 4.69) is 49.5 Å². The number of hydrogen-bond donors (Lipinski definition) is 1. The van der Waals surface area contributed by atoms with E-state index in [0.717, 1.165) is 69.1 Å². The van der Waals surface area contributed by atoms with Gasteiger partial charge in [-0.25, -0.2) is 0 Å². The molecule has 1 aliphatic carbocycles. The van der Waals surface area contributed by atoms with E-state index < -0.39 is 0 Å². The summed E-state index contributed by atoms with van der Waals surface area (Å²) in [6.45, 7) is 7.01. The number of nitrogens with one attached hydrogen (secondary N) is 1. The van der Waals surface area contributed by atoms with Crippen LogP contribution in [0, 0.1) is 5.41 Å². The number of methoxy groups -OCH3 is 3. The first-order chi connectivity index (χ1) is 15.5. The Morgan fingerprint density at radius 2 is 1.88 bits per heavy atom. The Kier molecular flexibility index (Phi) is 8.44. The Balaban J connectivity index is 1.73. The molecule has 1 aromatic carbocycles. The number of benzene rings is 1. The normalized spacial score (nSPS) is 25.5. The van der Waals surface area contributed by atoms with E-state index >= 15 is 0 Å². The van der Waals surface area contributed by atoms with Gasteiger partial charge in [0.25, 0.3) is 0 Å². The Labute approximate surface area is 193 Å². The highest BCUT2D eigenvalue weighted by Gasteiger charge is 2.43. The van der Waals surface area contributed by atoms with Crippen LogP contribution in [-0.4, -0.2) is 40.1 Å². The first-order valence-corrected chi connectivity index (χ1v) is 11.6. The van der Waals surface area contributed by atoms with Gasteiger partial charge in [0.1, 0.15) is 0 Å². The molecule has 0 bridgehead atoms. The molecule has 5 heteroatoms. The summed E-state index contributed by atoms with van der Waals surface area (Å²) >= 11 is 0. The summed E-state index contributed by atoms with van der Waals surface area (Å²) in [5.74, 6) is 2.52. The fourth-order valence-electron chi connectivity index (χ4n) is 4.84. The van der Waals surface area contributed by atoms with Crippen LogP contribution in [0.4, 0.5) is 0 Å². The maximum Gasteiger partial charge on any atom is 0.161 e. The van der Waals surface area contributed by atoms with Gasteiger partial charge in [0, 0.05) is 25.0 Å². The van der Waals surface area contributed by atoms with E-state index in [4.69, 9.17) is 18.9 Å². The average molecular weight is 442 g/mol. The summed E-state index contributed by atoms with van der Waals surface area (Å²) in [5.41, 5.74) is 2.57. The van der Waals surface area contributed by atoms with E-state index in [0.29, 0.717) is 0 Å². The Morgan fingerprint density at radius 3 is 2.59 bits per heavy atom. The SMILES string of the molecule is CCC1(C)CC(CCNCc2ccc(OC)c(OC)c2)(C2=CC=C(OC)CC=C2)CCO1. The Bertz CT molecular complexity index is 859. The van der Waals surface area contributed by atoms with Crippen molar-refractivity contribution in [2.24, 2.45) is 5.41 Å². The van der Waals surface area contributed by atoms with Crippen molar-refractivity contribution in [1.82, 2.24) is 5.32 Å². The molecule has 1 aromatic rings. The highest BCUT2D eigenvalue weighted by Crippen LogP contribution is 2.48. The van der Waals surface area contributed by atoms with Crippen molar-refractivity contribution >= 4 is 0 Å². The Hall–Kier alpha value is -2.24. The third-order valence-electron chi connectivity index (χ3n) is 6.99. The molecule has 5 nitrogen and oxygen atoms in total. The molecule has 1 heterocycles. The van der Waals surface area contributed by atoms with Crippen LogP contribution in [0.5, 0.6) is 11.5 Å². The first kappa shape index (κ1) is 24.4. The zero-order chi connectivity index (χ0) is 23.0. The van der Waals surface area contributed by atoms with Crippen LogP contribution in [0.1, 0.15) is 51.5 Å². The molecule has 1 N–H and O–H groups in total. The van der Waals surface area contributed by atoms with Gasteiger partial charge in [0.15, 0.2) is 11.5 Å². The van der Waals surface area contributed by atoms with Crippen molar-refractivity contribution in [2.75, 3.05) is 34.5 Å². The summed E-state index contributed by atoms with van der Waals surface area (Å²) in [6, 6.07) is 6.08. The van der Waals surface area contributed by atoms with Crippen molar-refractivity contribution in [3.63, 3.8) is 0 Å². The first-order valence-electron chi connectivity index (χ1n) is 11.6. The minimum atomic E-state index is -0.0869. The van der Waals surface area contributed by atoms with Gasteiger partial charge in [-0.1, -0.05) is 31.2 Å². The molecule has 0 aromatic heterocycles. The topological polar surface area (TPSA) is 49.0 Å². The highest BCUT2D eigenvalue weighted by atomic mass is 16.5. The maximum absolute atomic E-state index is 6.22. The molecule has 176 valence electrons. The van der Waals surface area contributed by atoms with E-state index in [-0.39, 0.29) is 11.0 Å². The second-order valence-electron chi connectivity index (χ2n) is 9.04. The van der Waals surface area contributed by atoms with Crippen molar-refractivity contribution in [1.29, 1.82) is 0 Å². The molecule has 2 unspecified atom stereocenters. The van der Waals surface area contributed by atoms with Gasteiger partial charge in [0.05, 0.1) is 32.7 Å². The second kappa shape index (κ2) is 11.1. The fraction of sp³-hybridized carbons (Fsp3) is 0.556. The number of ether oxygens (including phenoxy) is 4. The maximum atomic E-state index is 6.22. The van der Waals surface area contributed by atoms with Crippen LogP contribution in [0.25, 0.3) is 0 Å². The summed E-state index contributed by atoms with van der Waals surface area (Å²) in [7, 11) is 5.08. The molecule has 32 heavy (non-hydrogen) atoms. The van der Waals surface area contributed by atoms with E-state index in [1.807, 2.05) is 12.1 Å². The lowest BCUT2D eigenvalue weighted by atomic mass is 9.65. The minimum Gasteiger partial charge on any atom is -0.501 e. The summed E-state index contributed by atoms with van der Waals surface area (Å²) in [6.07, 6.45) is 13.9. The molecule has 1 fully saturated rings. The molecule has 0 saturated carbocycles. The molecule has 3 rings (SSSR count). The smallest absolute Gasteiger partial charge is 0.161 e. The van der Waals surface area contributed by atoms with Gasteiger partial charge in [-0.15, -0.1) is 0 Å². The van der Waals surface area contributed by atoms with Crippen LogP contribution in [0.2, 0.25) is 0 Å². The lowest BCUT2D eigenvalue weighted by Crippen LogP contribution is -2.44. The summed E-state index contributed by atoms with van der Waals surface area (Å²) < 4.78 is 22.5. The predicted molar refractivity (Wildman–Crippen MR) is 129 cm³/mol. The molecular formula is C27H39NO4. The zero-order valence-corrected chi connectivity index (χ0v) is 20.3. The van der Waals surface area contributed by atoms with Crippen LogP contribution in [-0.2, 0) is 16.0 Å². The molecule has 2 atom stereocenters. The number of hydrogen-bond acceptors (Lipinski definition) is 5. The lowest BCUT2D eigenvalue weighted by molar-refractivity contribution is -0.109. The van der Waals surface area contributed by atoms with Crippen LogP contribution < -0.4 is 14.8 Å². The molecule has 1 aliphatic heterocycles. The van der Waals surface area contributed by atoms with Gasteiger partial charge in [-0.2, -0.15) is 0 Å². The molecule has 0 amide bonds. The standard InChI is InChI=1S/C27H39NO4/c1-6-26(2)20-27(15-17-32-26,22-8-7-9-23(29-3)12-11-22)14-16-28-19-21-10-13-24(30-4)25(18-21)31-5/h7-8,10-13,18,28H,6,9,14-17,19-20H2,1-5H3. The molecule has 0 spiro atoms. The molecule has 0 radical (unpaired) electrons. The predicted octanol–water partition coefficient (Wildman–Crippen LogP) is 5.57. The molecule has 1 saturated heterocycles. The van der Waals surface area contributed by atoms with Crippen molar-refractivity contribution in [2.45, 2.75) is 58.1 Å². The zero-order valence-electron chi connectivity index (χ0n) is 20.3. The van der Waals surface area contributed by atoms with Gasteiger partial charge in [-0.3, -0.25) is 0 Å². The van der Waals surface area contributed by atoms with Gasteiger partial charge < -0.3 is 24.3 Å². The highest BCUT2D eigenvalue weighted by molar-refractivity contribution is 5.43. The van der Waals surface area contributed by atoms with Crippen LogP contribution in [0.3, 0.4) is 0 Å². The van der Waals surface area contributed by atoms with E-state index in [1.54, 1.807) is 21.3 Å². The minimum absolute atomic E-state index is 0.0869. The lowest BCUT2D eigenvalue weighted by Gasteiger charge is -2.47. The number of rotatable bonds is 10. The van der Waals surface area contributed by atoms with E-state index in [9.17, 15) is 0 Å². The monoisotopic (exact) mass is 441 g/mol. The third kappa shape index (κ3) is 5.76.